The predicted octanol–water partition coefficient (Wildman–Crippen LogP) is 12.1. The first-order chi connectivity index (χ1) is 22.4. The molecule has 0 radical (unpaired) electrons. The highest BCUT2D eigenvalue weighted by Crippen LogP contribution is 2.43. The van der Waals surface area contributed by atoms with Crippen LogP contribution in [-0.4, -0.2) is 15.2 Å². The van der Waals surface area contributed by atoms with Gasteiger partial charge in [-0.2, -0.15) is 0 Å². The Kier molecular flexibility index (Phi) is 10.4. The maximum Gasteiger partial charge on any atom is 0.131 e. The highest BCUT2D eigenvalue weighted by atomic mass is 32.2. The Labute approximate surface area is 287 Å². The lowest BCUT2D eigenvalue weighted by atomic mass is 9.83. The predicted molar refractivity (Wildman–Crippen MR) is 205 cm³/mol. The normalized spacial score (nSPS) is 11.8. The molecule has 0 unspecified atom stereocenters. The second-order valence-corrected chi connectivity index (χ2v) is 14.5. The van der Waals surface area contributed by atoms with Crippen LogP contribution in [0.15, 0.2) is 127 Å². The molecule has 0 aliphatic rings. The number of aliphatic hydroxyl groups excluding tert-OH is 1. The Bertz CT molecular complexity index is 1980. The van der Waals surface area contributed by atoms with Crippen LogP contribution in [0.3, 0.4) is 0 Å². The van der Waals surface area contributed by atoms with E-state index in [-0.39, 0.29) is 16.9 Å². The Balaban J connectivity index is 1.37. The number of thioether (sulfide) groups is 1. The van der Waals surface area contributed by atoms with Crippen LogP contribution in [0.5, 0.6) is 5.75 Å². The van der Waals surface area contributed by atoms with Gasteiger partial charge in [0.2, 0.25) is 0 Å². The number of hydrogen-bond acceptors (Lipinski definition) is 5. The summed E-state index contributed by atoms with van der Waals surface area (Å²) in [6, 6.07) is 31.1. The Morgan fingerprint density at radius 1 is 0.830 bits per heavy atom. The van der Waals surface area contributed by atoms with E-state index < -0.39 is 0 Å². The van der Waals surface area contributed by atoms with E-state index >= 15 is 0 Å². The van der Waals surface area contributed by atoms with Crippen molar-refractivity contribution in [3.63, 3.8) is 0 Å². The van der Waals surface area contributed by atoms with Gasteiger partial charge < -0.3 is 10.2 Å². The lowest BCUT2D eigenvalue weighted by molar-refractivity contribution is 0.441. The summed E-state index contributed by atoms with van der Waals surface area (Å²) in [7, 11) is 0. The molecule has 47 heavy (non-hydrogen) atoms. The molecule has 0 saturated carbocycles. The number of aliphatic hydroxyl groups is 1. The molecular weight excluding hydrogens is 615 g/mol. The number of phenols is 1. The summed E-state index contributed by atoms with van der Waals surface area (Å²) in [5.41, 5.74) is 10.8. The summed E-state index contributed by atoms with van der Waals surface area (Å²) in [5.74, 6) is 0.192. The second kappa shape index (κ2) is 14.5. The van der Waals surface area contributed by atoms with Gasteiger partial charge in [0.15, 0.2) is 0 Å². The average molecular weight is 656 g/mol. The molecule has 5 rings (SSSR count). The molecule has 0 aliphatic carbocycles. The van der Waals surface area contributed by atoms with Crippen LogP contribution in [0, 0.1) is 0 Å². The van der Waals surface area contributed by atoms with Gasteiger partial charge in [-0.3, -0.25) is 0 Å². The zero-order valence-electron chi connectivity index (χ0n) is 27.5. The summed E-state index contributed by atoms with van der Waals surface area (Å²) >= 11 is 3.00. The number of phenolic OH excluding ortho intramolecular Hbond substituents is 1. The fourth-order valence-corrected chi connectivity index (χ4v) is 6.99. The summed E-state index contributed by atoms with van der Waals surface area (Å²) in [5, 5.41) is 26.0. The molecule has 238 valence electrons. The van der Waals surface area contributed by atoms with Crippen molar-refractivity contribution >= 4 is 39.2 Å². The monoisotopic (exact) mass is 655 g/mol. The minimum Gasteiger partial charge on any atom is -0.508 e. The Hall–Kier alpha value is -4.58. The van der Waals surface area contributed by atoms with Gasteiger partial charge in [-0.1, -0.05) is 131 Å². The number of allylic oxidation sites excluding steroid dienone is 2. The van der Waals surface area contributed by atoms with Crippen LogP contribution in [0.4, 0.5) is 0 Å². The molecule has 2 N–H and O–H groups in total. The number of nitrogens with zero attached hydrogens (tertiary/aromatic N) is 1. The fourth-order valence-electron chi connectivity index (χ4n) is 5.44. The number of rotatable bonds is 11. The first-order valence-corrected chi connectivity index (χ1v) is 17.3. The van der Waals surface area contributed by atoms with Crippen molar-refractivity contribution in [3.05, 3.63) is 160 Å². The third-order valence-corrected chi connectivity index (χ3v) is 10.1. The van der Waals surface area contributed by atoms with Gasteiger partial charge >= 0.3 is 0 Å². The van der Waals surface area contributed by atoms with E-state index in [1.165, 1.54) is 28.0 Å². The van der Waals surface area contributed by atoms with Crippen LogP contribution in [0.25, 0.3) is 38.4 Å². The van der Waals surface area contributed by atoms with Crippen LogP contribution >= 0.6 is 23.1 Å². The van der Waals surface area contributed by atoms with Crippen molar-refractivity contribution < 1.29 is 10.2 Å². The summed E-state index contributed by atoms with van der Waals surface area (Å²) in [6.45, 7) is 20.6. The highest BCUT2D eigenvalue weighted by molar-refractivity contribution is 8.11. The van der Waals surface area contributed by atoms with E-state index in [9.17, 15) is 10.2 Å². The lowest BCUT2D eigenvalue weighted by Gasteiger charge is -2.23. The van der Waals surface area contributed by atoms with Crippen molar-refractivity contribution in [2.75, 3.05) is 0 Å². The molecule has 0 fully saturated rings. The smallest absolute Gasteiger partial charge is 0.131 e. The van der Waals surface area contributed by atoms with Gasteiger partial charge in [0.25, 0.3) is 0 Å². The third kappa shape index (κ3) is 7.87. The van der Waals surface area contributed by atoms with Gasteiger partial charge in [-0.15, -0.1) is 11.3 Å². The number of hydrogen-bond donors (Lipinski definition) is 2. The van der Waals surface area contributed by atoms with Gasteiger partial charge in [0.05, 0.1) is 5.69 Å². The molecule has 0 aliphatic heterocycles. The minimum atomic E-state index is -0.0921. The molecule has 0 saturated heterocycles. The molecule has 0 bridgehead atoms. The topological polar surface area (TPSA) is 53.4 Å². The molecule has 3 nitrogen and oxygen atoms in total. The van der Waals surface area contributed by atoms with E-state index in [2.05, 4.69) is 107 Å². The van der Waals surface area contributed by atoms with Gasteiger partial charge in [-0.25, -0.2) is 4.98 Å². The molecule has 5 aromatic rings. The zero-order chi connectivity index (χ0) is 33.7. The average Bonchev–Trinajstić information content (AvgIpc) is 3.56. The molecule has 0 atom stereocenters. The molecule has 5 heteroatoms. The van der Waals surface area contributed by atoms with Crippen molar-refractivity contribution in [2.24, 2.45) is 0 Å². The standard InChI is InChI=1S/C42H41NO2S2/c1-27(25-46-30(4)37-23-34(42(5,6)7)24-38(40(37)45)31-15-9-8-10-16-31)35-19-13-11-17-32(35)21-22-33-18-12-14-20-36(33)39-26-47-41(43-39)28(2)29(3)44/h8-20,23-26,44-45H,2-4,21-22H2,1,5-7H3/b27-25+. The first-order valence-electron chi connectivity index (χ1n) is 15.6. The van der Waals surface area contributed by atoms with Crippen molar-refractivity contribution in [3.8, 4) is 28.1 Å². The molecule has 1 aromatic heterocycles. The maximum atomic E-state index is 11.4. The van der Waals surface area contributed by atoms with E-state index in [4.69, 9.17) is 4.98 Å². The number of aromatic nitrogens is 1. The number of thiazole rings is 1. The quantitative estimate of drug-likeness (QED) is 0.110. The lowest BCUT2D eigenvalue weighted by Crippen LogP contribution is -2.11. The molecular formula is C42H41NO2S2. The van der Waals surface area contributed by atoms with E-state index in [0.29, 0.717) is 10.6 Å². The van der Waals surface area contributed by atoms with Crippen LogP contribution in [-0.2, 0) is 18.3 Å². The van der Waals surface area contributed by atoms with Crippen molar-refractivity contribution in [1.82, 2.24) is 4.98 Å². The zero-order valence-corrected chi connectivity index (χ0v) is 29.1. The maximum absolute atomic E-state index is 11.4. The van der Waals surface area contributed by atoms with E-state index in [0.717, 1.165) is 56.8 Å². The minimum absolute atomic E-state index is 0.0619. The Morgan fingerprint density at radius 2 is 1.47 bits per heavy atom. The first kappa shape index (κ1) is 33.8. The molecule has 0 amide bonds. The second-order valence-electron chi connectivity index (χ2n) is 12.7. The van der Waals surface area contributed by atoms with Crippen LogP contribution in [0.2, 0.25) is 0 Å². The largest absolute Gasteiger partial charge is 0.508 e. The third-order valence-electron chi connectivity index (χ3n) is 8.25. The highest BCUT2D eigenvalue weighted by Gasteiger charge is 2.21. The molecule has 1 heterocycles. The van der Waals surface area contributed by atoms with Crippen molar-refractivity contribution in [1.29, 1.82) is 0 Å². The van der Waals surface area contributed by atoms with E-state index in [1.807, 2.05) is 41.8 Å². The number of aromatic hydroxyl groups is 1. The van der Waals surface area contributed by atoms with Gasteiger partial charge in [0.1, 0.15) is 16.5 Å². The summed E-state index contributed by atoms with van der Waals surface area (Å²) < 4.78 is 0. The van der Waals surface area contributed by atoms with Gasteiger partial charge in [0, 0.05) is 32.5 Å². The summed E-state index contributed by atoms with van der Waals surface area (Å²) in [4.78, 5) is 5.53. The van der Waals surface area contributed by atoms with Crippen LogP contribution in [0.1, 0.15) is 60.5 Å². The fraction of sp³-hybridized carbons (Fsp3) is 0.167. The SMILES string of the molecule is C=C(O)C(=C)c1nc(-c2ccccc2CCc2ccccc2/C(C)=C/SC(=C)c2cc(C(C)(C)C)cc(-c3ccccc3)c2O)cs1. The summed E-state index contributed by atoms with van der Waals surface area (Å²) in [6.07, 6.45) is 1.70. The van der Waals surface area contributed by atoms with Crippen LogP contribution < -0.4 is 0 Å². The van der Waals surface area contributed by atoms with Crippen molar-refractivity contribution in [2.45, 2.75) is 46.0 Å². The molecule has 4 aromatic carbocycles. The molecule has 0 spiro atoms. The Morgan fingerprint density at radius 3 is 2.17 bits per heavy atom. The number of aryl methyl sites for hydroxylation is 2. The number of benzene rings is 4. The van der Waals surface area contributed by atoms with Gasteiger partial charge in [-0.05, 0) is 76.1 Å². The van der Waals surface area contributed by atoms with E-state index in [1.54, 1.807) is 11.8 Å².